The van der Waals surface area contributed by atoms with E-state index in [1.807, 2.05) is 0 Å². The van der Waals surface area contributed by atoms with Crippen molar-refractivity contribution >= 4 is 11.6 Å². The zero-order valence-electron chi connectivity index (χ0n) is 13.2. The molecular weight excluding hydrogens is 348 g/mol. The third-order valence-electron chi connectivity index (χ3n) is 3.61. The molecule has 1 aromatic heterocycles. The molecule has 0 aliphatic carbocycles. The van der Waals surface area contributed by atoms with E-state index in [1.165, 1.54) is 48.7 Å². The van der Waals surface area contributed by atoms with Crippen LogP contribution in [0.5, 0.6) is 0 Å². The first-order valence-corrected chi connectivity index (χ1v) is 7.54. The summed E-state index contributed by atoms with van der Waals surface area (Å²) < 4.78 is 52.1. The molecular formula is C19H12F4N2O. The molecule has 0 atom stereocenters. The Bertz CT molecular complexity index is 954. The van der Waals surface area contributed by atoms with Gasteiger partial charge in [0.15, 0.2) is 0 Å². The molecule has 0 bridgehead atoms. The zero-order chi connectivity index (χ0) is 18.7. The van der Waals surface area contributed by atoms with E-state index in [0.29, 0.717) is 0 Å². The fourth-order valence-corrected chi connectivity index (χ4v) is 2.40. The summed E-state index contributed by atoms with van der Waals surface area (Å²) in [6, 6.07) is 12.8. The van der Waals surface area contributed by atoms with Gasteiger partial charge >= 0.3 is 6.18 Å². The average molecular weight is 360 g/mol. The first-order chi connectivity index (χ1) is 12.3. The minimum Gasteiger partial charge on any atom is -0.320 e. The lowest BCUT2D eigenvalue weighted by Crippen LogP contribution is -2.13. The molecule has 0 aliphatic rings. The predicted molar refractivity (Wildman–Crippen MR) is 89.0 cm³/mol. The minimum atomic E-state index is -4.49. The van der Waals surface area contributed by atoms with Gasteiger partial charge in [-0.25, -0.2) is 4.39 Å². The molecule has 0 saturated heterocycles. The number of hydrogen-bond donors (Lipinski definition) is 1. The minimum absolute atomic E-state index is 0.0869. The van der Waals surface area contributed by atoms with Gasteiger partial charge in [-0.15, -0.1) is 0 Å². The highest BCUT2D eigenvalue weighted by Crippen LogP contribution is 2.33. The van der Waals surface area contributed by atoms with Gasteiger partial charge in [0.2, 0.25) is 0 Å². The summed E-state index contributed by atoms with van der Waals surface area (Å²) in [6.45, 7) is 0. The number of hydrogen-bond acceptors (Lipinski definition) is 2. The van der Waals surface area contributed by atoms with E-state index in [9.17, 15) is 22.4 Å². The number of amides is 1. The smallest absolute Gasteiger partial charge is 0.320 e. The third kappa shape index (κ3) is 3.88. The van der Waals surface area contributed by atoms with Crippen LogP contribution in [-0.4, -0.2) is 10.9 Å². The lowest BCUT2D eigenvalue weighted by molar-refractivity contribution is -0.137. The standard InChI is InChI=1S/C19H12F4N2O/c20-15-7-2-5-13(11-15)18(26)25-16-8-3-9-24-17(16)12-4-1-6-14(10-12)19(21,22)23/h1-11H,(H,25,26). The Morgan fingerprint density at radius 2 is 1.73 bits per heavy atom. The molecule has 0 aliphatic heterocycles. The van der Waals surface area contributed by atoms with E-state index < -0.39 is 23.5 Å². The van der Waals surface area contributed by atoms with Crippen molar-refractivity contribution in [3.63, 3.8) is 0 Å². The van der Waals surface area contributed by atoms with Crippen LogP contribution in [-0.2, 0) is 6.18 Å². The van der Waals surface area contributed by atoms with Crippen molar-refractivity contribution in [1.82, 2.24) is 4.98 Å². The van der Waals surface area contributed by atoms with E-state index in [-0.39, 0.29) is 22.5 Å². The summed E-state index contributed by atoms with van der Waals surface area (Å²) in [7, 11) is 0. The lowest BCUT2D eigenvalue weighted by atomic mass is 10.1. The number of alkyl halides is 3. The van der Waals surface area contributed by atoms with Gasteiger partial charge in [0.05, 0.1) is 16.9 Å². The molecule has 132 valence electrons. The van der Waals surface area contributed by atoms with Gasteiger partial charge in [-0.05, 0) is 42.5 Å². The van der Waals surface area contributed by atoms with Gasteiger partial charge in [-0.2, -0.15) is 13.2 Å². The maximum atomic E-state index is 13.3. The summed E-state index contributed by atoms with van der Waals surface area (Å²) in [4.78, 5) is 16.4. The molecule has 0 saturated carbocycles. The molecule has 7 heteroatoms. The van der Waals surface area contributed by atoms with Crippen LogP contribution >= 0.6 is 0 Å². The van der Waals surface area contributed by atoms with Crippen LogP contribution in [0.1, 0.15) is 15.9 Å². The van der Waals surface area contributed by atoms with Crippen LogP contribution in [0.15, 0.2) is 66.9 Å². The Morgan fingerprint density at radius 1 is 0.962 bits per heavy atom. The fraction of sp³-hybridized carbons (Fsp3) is 0.0526. The molecule has 0 fully saturated rings. The van der Waals surface area contributed by atoms with Crippen LogP contribution in [0.25, 0.3) is 11.3 Å². The van der Waals surface area contributed by atoms with Gasteiger partial charge in [0.25, 0.3) is 5.91 Å². The Balaban J connectivity index is 1.96. The van der Waals surface area contributed by atoms with Gasteiger partial charge in [-0.3, -0.25) is 9.78 Å². The molecule has 0 unspecified atom stereocenters. The Morgan fingerprint density at radius 3 is 2.46 bits per heavy atom. The quantitative estimate of drug-likeness (QED) is 0.656. The van der Waals surface area contributed by atoms with Crippen molar-refractivity contribution in [2.75, 3.05) is 5.32 Å². The number of nitrogens with one attached hydrogen (secondary N) is 1. The number of pyridine rings is 1. The van der Waals surface area contributed by atoms with E-state index in [0.717, 1.165) is 18.2 Å². The number of anilines is 1. The summed E-state index contributed by atoms with van der Waals surface area (Å²) in [5.41, 5.74) is -0.119. The number of aromatic nitrogens is 1. The van der Waals surface area contributed by atoms with Crippen molar-refractivity contribution in [1.29, 1.82) is 0 Å². The van der Waals surface area contributed by atoms with Gasteiger partial charge in [0, 0.05) is 17.3 Å². The Kier molecular flexibility index (Phi) is 4.71. The predicted octanol–water partition coefficient (Wildman–Crippen LogP) is 5.16. The van der Waals surface area contributed by atoms with Crippen molar-refractivity contribution in [3.05, 3.63) is 83.8 Å². The van der Waals surface area contributed by atoms with E-state index in [2.05, 4.69) is 10.3 Å². The second-order valence-corrected chi connectivity index (χ2v) is 5.44. The van der Waals surface area contributed by atoms with E-state index in [4.69, 9.17) is 0 Å². The summed E-state index contributed by atoms with van der Waals surface area (Å²) in [5.74, 6) is -1.16. The first-order valence-electron chi connectivity index (χ1n) is 7.54. The number of rotatable bonds is 3. The van der Waals surface area contributed by atoms with E-state index >= 15 is 0 Å². The van der Waals surface area contributed by atoms with Crippen LogP contribution < -0.4 is 5.32 Å². The third-order valence-corrected chi connectivity index (χ3v) is 3.61. The molecule has 1 heterocycles. The summed E-state index contributed by atoms with van der Waals surface area (Å²) in [6.07, 6.45) is -3.08. The topological polar surface area (TPSA) is 42.0 Å². The van der Waals surface area contributed by atoms with Gasteiger partial charge in [-0.1, -0.05) is 18.2 Å². The zero-order valence-corrected chi connectivity index (χ0v) is 13.2. The largest absolute Gasteiger partial charge is 0.416 e. The normalized spacial score (nSPS) is 11.2. The van der Waals surface area contributed by atoms with Crippen LogP contribution in [0.3, 0.4) is 0 Å². The molecule has 1 N–H and O–H groups in total. The van der Waals surface area contributed by atoms with Crippen molar-refractivity contribution in [2.45, 2.75) is 6.18 Å². The average Bonchev–Trinajstić information content (AvgIpc) is 2.61. The maximum absolute atomic E-state index is 13.3. The Hall–Kier alpha value is -3.22. The van der Waals surface area contributed by atoms with Gasteiger partial charge in [0.1, 0.15) is 5.82 Å². The van der Waals surface area contributed by atoms with Crippen LogP contribution in [0, 0.1) is 5.82 Å². The fourth-order valence-electron chi connectivity index (χ4n) is 2.40. The molecule has 3 nitrogen and oxygen atoms in total. The summed E-state index contributed by atoms with van der Waals surface area (Å²) >= 11 is 0. The molecule has 2 aromatic carbocycles. The molecule has 1 amide bonds. The van der Waals surface area contributed by atoms with Crippen LogP contribution in [0.4, 0.5) is 23.2 Å². The first kappa shape index (κ1) is 17.6. The number of benzene rings is 2. The molecule has 3 aromatic rings. The molecule has 0 spiro atoms. The van der Waals surface area contributed by atoms with Crippen molar-refractivity contribution < 1.29 is 22.4 Å². The molecule has 26 heavy (non-hydrogen) atoms. The van der Waals surface area contributed by atoms with Crippen molar-refractivity contribution in [2.24, 2.45) is 0 Å². The Labute approximate surface area is 146 Å². The summed E-state index contributed by atoms with van der Waals surface area (Å²) in [5, 5.41) is 2.56. The highest BCUT2D eigenvalue weighted by Gasteiger charge is 2.30. The molecule has 3 rings (SSSR count). The second kappa shape index (κ2) is 6.95. The lowest BCUT2D eigenvalue weighted by Gasteiger charge is -2.12. The molecule has 0 radical (unpaired) electrons. The van der Waals surface area contributed by atoms with Crippen molar-refractivity contribution in [3.8, 4) is 11.3 Å². The second-order valence-electron chi connectivity index (χ2n) is 5.44. The number of carbonyl (C=O) groups excluding carboxylic acids is 1. The van der Waals surface area contributed by atoms with Gasteiger partial charge < -0.3 is 5.32 Å². The highest BCUT2D eigenvalue weighted by atomic mass is 19.4. The SMILES string of the molecule is O=C(Nc1cccnc1-c1cccc(C(F)(F)F)c1)c1cccc(F)c1. The monoisotopic (exact) mass is 360 g/mol. The number of carbonyl (C=O) groups is 1. The van der Waals surface area contributed by atoms with E-state index in [1.54, 1.807) is 0 Å². The number of halogens is 4. The number of nitrogens with zero attached hydrogens (tertiary/aromatic N) is 1. The highest BCUT2D eigenvalue weighted by molar-refractivity contribution is 6.05. The maximum Gasteiger partial charge on any atom is 0.416 e. The van der Waals surface area contributed by atoms with Crippen LogP contribution in [0.2, 0.25) is 0 Å².